The molecule has 1 aromatic rings. The van der Waals surface area contributed by atoms with Crippen molar-refractivity contribution in [2.45, 2.75) is 13.5 Å². The van der Waals surface area contributed by atoms with Crippen LogP contribution in [-0.4, -0.2) is 16.2 Å². The van der Waals surface area contributed by atoms with Crippen LogP contribution in [0.3, 0.4) is 0 Å². The third kappa shape index (κ3) is 2.23. The zero-order valence-corrected chi connectivity index (χ0v) is 6.74. The number of carbonyl (C=O) groups is 1. The Morgan fingerprint density at radius 1 is 1.75 bits per heavy atom. The highest BCUT2D eigenvalue weighted by Crippen LogP contribution is 2.01. The zero-order valence-electron chi connectivity index (χ0n) is 6.74. The maximum atomic E-state index is 10.2. The van der Waals surface area contributed by atoms with Crippen molar-refractivity contribution < 1.29 is 9.90 Å². The molecule has 0 saturated carbocycles. The van der Waals surface area contributed by atoms with E-state index in [1.165, 1.54) is 0 Å². The van der Waals surface area contributed by atoms with Gasteiger partial charge in [0.05, 0.1) is 0 Å². The second-order valence-electron chi connectivity index (χ2n) is 2.41. The van der Waals surface area contributed by atoms with Crippen LogP contribution in [0.25, 0.3) is 0 Å². The van der Waals surface area contributed by atoms with Gasteiger partial charge in [-0.1, -0.05) is 6.07 Å². The molecule has 4 heteroatoms. The lowest BCUT2D eigenvalue weighted by Crippen LogP contribution is -2.20. The number of carboxylic acid groups (broad SMARTS) is 1. The average molecular weight is 166 g/mol. The molecular formula is C8H10N2O2. The van der Waals surface area contributed by atoms with Gasteiger partial charge >= 0.3 is 6.09 Å². The molecular weight excluding hydrogens is 156 g/mol. The van der Waals surface area contributed by atoms with Gasteiger partial charge < -0.3 is 10.4 Å². The van der Waals surface area contributed by atoms with Gasteiger partial charge in [0.25, 0.3) is 0 Å². The van der Waals surface area contributed by atoms with Crippen LogP contribution in [0.5, 0.6) is 0 Å². The van der Waals surface area contributed by atoms with E-state index in [0.29, 0.717) is 6.54 Å². The first kappa shape index (κ1) is 8.52. The number of nitrogens with zero attached hydrogens (tertiary/aromatic N) is 1. The van der Waals surface area contributed by atoms with Crippen molar-refractivity contribution in [1.82, 2.24) is 10.3 Å². The molecule has 0 aliphatic carbocycles. The Hall–Kier alpha value is -1.58. The predicted molar refractivity (Wildman–Crippen MR) is 43.8 cm³/mol. The first-order chi connectivity index (χ1) is 5.70. The lowest BCUT2D eigenvalue weighted by atomic mass is 10.2. The normalized spacial score (nSPS) is 9.42. The van der Waals surface area contributed by atoms with Gasteiger partial charge in [0, 0.05) is 18.4 Å². The molecule has 0 bridgehead atoms. The highest BCUT2D eigenvalue weighted by atomic mass is 16.4. The van der Waals surface area contributed by atoms with Gasteiger partial charge in [0.2, 0.25) is 0 Å². The molecule has 0 aliphatic rings. The minimum atomic E-state index is -1.02. The first-order valence-electron chi connectivity index (χ1n) is 3.57. The van der Waals surface area contributed by atoms with Crippen LogP contribution in [0.1, 0.15) is 11.3 Å². The summed E-state index contributed by atoms with van der Waals surface area (Å²) in [7, 11) is 0. The molecule has 0 fully saturated rings. The standard InChI is InChI=1S/C8H10N2O2/c1-6-7(3-2-4-9-6)5-10-8(11)12/h2-4,10H,5H2,1H3,(H,11,12). The molecule has 4 nitrogen and oxygen atoms in total. The van der Waals surface area contributed by atoms with E-state index in [0.717, 1.165) is 11.3 Å². The third-order valence-electron chi connectivity index (χ3n) is 1.55. The van der Waals surface area contributed by atoms with Crippen LogP contribution in [-0.2, 0) is 6.54 Å². The molecule has 0 atom stereocenters. The molecule has 0 unspecified atom stereocenters. The number of hydrogen-bond acceptors (Lipinski definition) is 2. The molecule has 2 N–H and O–H groups in total. The van der Waals surface area contributed by atoms with Gasteiger partial charge in [-0.15, -0.1) is 0 Å². The summed E-state index contributed by atoms with van der Waals surface area (Å²) in [6, 6.07) is 3.63. The maximum Gasteiger partial charge on any atom is 0.404 e. The van der Waals surface area contributed by atoms with Gasteiger partial charge in [0.15, 0.2) is 0 Å². The highest BCUT2D eigenvalue weighted by Gasteiger charge is 1.99. The molecule has 0 saturated heterocycles. The van der Waals surface area contributed by atoms with E-state index in [4.69, 9.17) is 5.11 Å². The fourth-order valence-electron chi connectivity index (χ4n) is 0.875. The molecule has 0 aliphatic heterocycles. The molecule has 1 heterocycles. The van der Waals surface area contributed by atoms with Crippen LogP contribution in [0.2, 0.25) is 0 Å². The fourth-order valence-corrected chi connectivity index (χ4v) is 0.875. The maximum absolute atomic E-state index is 10.2. The number of pyridine rings is 1. The van der Waals surface area contributed by atoms with Crippen molar-refractivity contribution in [3.63, 3.8) is 0 Å². The third-order valence-corrected chi connectivity index (χ3v) is 1.55. The highest BCUT2D eigenvalue weighted by molar-refractivity contribution is 5.64. The van der Waals surface area contributed by atoms with E-state index < -0.39 is 6.09 Å². The van der Waals surface area contributed by atoms with Crippen molar-refractivity contribution in [3.05, 3.63) is 29.6 Å². The lowest BCUT2D eigenvalue weighted by molar-refractivity contribution is 0.194. The van der Waals surface area contributed by atoms with Crippen LogP contribution < -0.4 is 5.32 Å². The van der Waals surface area contributed by atoms with E-state index in [9.17, 15) is 4.79 Å². The first-order valence-corrected chi connectivity index (χ1v) is 3.57. The van der Waals surface area contributed by atoms with Gasteiger partial charge in [0.1, 0.15) is 0 Å². The summed E-state index contributed by atoms with van der Waals surface area (Å²) >= 11 is 0. The fraction of sp³-hybridized carbons (Fsp3) is 0.250. The molecule has 1 amide bonds. The summed E-state index contributed by atoms with van der Waals surface area (Å²) in [4.78, 5) is 14.2. The quantitative estimate of drug-likeness (QED) is 0.692. The van der Waals surface area contributed by atoms with Crippen LogP contribution in [0.15, 0.2) is 18.3 Å². The van der Waals surface area contributed by atoms with Crippen LogP contribution in [0, 0.1) is 6.92 Å². The van der Waals surface area contributed by atoms with Crippen molar-refractivity contribution in [2.75, 3.05) is 0 Å². The second kappa shape index (κ2) is 3.71. The Balaban J connectivity index is 2.63. The summed E-state index contributed by atoms with van der Waals surface area (Å²) in [5.74, 6) is 0. The van der Waals surface area contributed by atoms with Crippen molar-refractivity contribution in [1.29, 1.82) is 0 Å². The summed E-state index contributed by atoms with van der Waals surface area (Å²) < 4.78 is 0. The Labute approximate surface area is 70.3 Å². The number of amides is 1. The average Bonchev–Trinajstić information content (AvgIpc) is 2.03. The van der Waals surface area contributed by atoms with Crippen molar-refractivity contribution in [3.8, 4) is 0 Å². The Kier molecular flexibility index (Phi) is 2.63. The molecule has 0 spiro atoms. The number of rotatable bonds is 2. The number of nitrogens with one attached hydrogen (secondary N) is 1. The number of aryl methyl sites for hydroxylation is 1. The monoisotopic (exact) mass is 166 g/mol. The van der Waals surface area contributed by atoms with Gasteiger partial charge in [-0.25, -0.2) is 4.79 Å². The van der Waals surface area contributed by atoms with E-state index in [1.807, 2.05) is 13.0 Å². The molecule has 0 aromatic carbocycles. The van der Waals surface area contributed by atoms with Gasteiger partial charge in [-0.3, -0.25) is 4.98 Å². The van der Waals surface area contributed by atoms with Crippen molar-refractivity contribution in [2.24, 2.45) is 0 Å². The number of aromatic nitrogens is 1. The van der Waals surface area contributed by atoms with Gasteiger partial charge in [-0.2, -0.15) is 0 Å². The Morgan fingerprint density at radius 3 is 3.08 bits per heavy atom. The van der Waals surface area contributed by atoms with Gasteiger partial charge in [-0.05, 0) is 18.6 Å². The predicted octanol–water partition coefficient (Wildman–Crippen LogP) is 1.16. The largest absolute Gasteiger partial charge is 0.465 e. The minimum absolute atomic E-state index is 0.314. The molecule has 0 radical (unpaired) electrons. The lowest BCUT2D eigenvalue weighted by Gasteiger charge is -2.02. The van der Waals surface area contributed by atoms with E-state index in [-0.39, 0.29) is 0 Å². The molecule has 12 heavy (non-hydrogen) atoms. The van der Waals surface area contributed by atoms with E-state index in [1.54, 1.807) is 12.3 Å². The second-order valence-corrected chi connectivity index (χ2v) is 2.41. The van der Waals surface area contributed by atoms with Crippen LogP contribution >= 0.6 is 0 Å². The summed E-state index contributed by atoms with van der Waals surface area (Å²) in [5.41, 5.74) is 1.76. The summed E-state index contributed by atoms with van der Waals surface area (Å²) in [6.45, 7) is 2.16. The topological polar surface area (TPSA) is 62.2 Å². The smallest absolute Gasteiger partial charge is 0.404 e. The Morgan fingerprint density at radius 2 is 2.50 bits per heavy atom. The van der Waals surface area contributed by atoms with E-state index >= 15 is 0 Å². The van der Waals surface area contributed by atoms with E-state index in [2.05, 4.69) is 10.3 Å². The molecule has 1 aromatic heterocycles. The molecule has 1 rings (SSSR count). The summed E-state index contributed by atoms with van der Waals surface area (Å²) in [6.07, 6.45) is 0.665. The SMILES string of the molecule is Cc1ncccc1CNC(=O)O. The van der Waals surface area contributed by atoms with Crippen LogP contribution in [0.4, 0.5) is 4.79 Å². The zero-order chi connectivity index (χ0) is 8.97. The molecule has 64 valence electrons. The van der Waals surface area contributed by atoms with Crippen molar-refractivity contribution >= 4 is 6.09 Å². The minimum Gasteiger partial charge on any atom is -0.465 e. The Bertz CT molecular complexity index is 286. The summed E-state index contributed by atoms with van der Waals surface area (Å²) in [5, 5.41) is 10.6. The number of hydrogen-bond donors (Lipinski definition) is 2.